The molecule has 1 fully saturated rings. The highest BCUT2D eigenvalue weighted by Gasteiger charge is 2.32. The van der Waals surface area contributed by atoms with E-state index in [9.17, 15) is 9.59 Å². The molecular formula is C25H26N4O4S2. The molecule has 10 heteroatoms. The van der Waals surface area contributed by atoms with Crippen LogP contribution in [0.25, 0.3) is 11.7 Å². The van der Waals surface area contributed by atoms with Crippen LogP contribution in [0.2, 0.25) is 0 Å². The Labute approximate surface area is 212 Å². The van der Waals surface area contributed by atoms with Gasteiger partial charge in [-0.15, -0.1) is 0 Å². The van der Waals surface area contributed by atoms with E-state index in [0.29, 0.717) is 40.4 Å². The summed E-state index contributed by atoms with van der Waals surface area (Å²) in [6.45, 7) is 5.14. The van der Waals surface area contributed by atoms with Gasteiger partial charge < -0.3 is 15.2 Å². The first kappa shape index (κ1) is 25.1. The van der Waals surface area contributed by atoms with Gasteiger partial charge in [0.05, 0.1) is 36.8 Å². The van der Waals surface area contributed by atoms with Gasteiger partial charge in [0.1, 0.15) is 15.8 Å². The molecule has 0 radical (unpaired) electrons. The number of aliphatic hydroxyl groups excluding tert-OH is 1. The van der Waals surface area contributed by atoms with Crippen LogP contribution in [0.4, 0.5) is 5.82 Å². The third-order valence-electron chi connectivity index (χ3n) is 5.39. The molecule has 0 saturated carbocycles. The van der Waals surface area contributed by atoms with Crippen LogP contribution in [0.15, 0.2) is 52.3 Å². The minimum absolute atomic E-state index is 0.0649. The lowest BCUT2D eigenvalue weighted by Gasteiger charge is -2.14. The average Bonchev–Trinajstić information content (AvgIpc) is 3.10. The molecule has 1 aliphatic heterocycles. The van der Waals surface area contributed by atoms with Crippen LogP contribution in [0.1, 0.15) is 22.3 Å². The van der Waals surface area contributed by atoms with Crippen molar-refractivity contribution in [2.24, 2.45) is 0 Å². The normalized spacial score (nSPS) is 14.9. The summed E-state index contributed by atoms with van der Waals surface area (Å²) in [6, 6.07) is 11.6. The van der Waals surface area contributed by atoms with E-state index in [0.717, 1.165) is 16.7 Å². The maximum absolute atomic E-state index is 13.4. The summed E-state index contributed by atoms with van der Waals surface area (Å²) in [7, 11) is 0. The fourth-order valence-electron chi connectivity index (χ4n) is 3.58. The maximum Gasteiger partial charge on any atom is 0.267 e. The molecule has 4 rings (SSSR count). The highest BCUT2D eigenvalue weighted by Crippen LogP contribution is 2.34. The maximum atomic E-state index is 13.4. The van der Waals surface area contributed by atoms with Gasteiger partial charge in [-0.2, -0.15) is 0 Å². The second kappa shape index (κ2) is 11.1. The number of hydrogen-bond donors (Lipinski definition) is 2. The van der Waals surface area contributed by atoms with Gasteiger partial charge in [0.15, 0.2) is 0 Å². The smallest absolute Gasteiger partial charge is 0.267 e. The quantitative estimate of drug-likeness (QED) is 0.258. The van der Waals surface area contributed by atoms with E-state index in [1.165, 1.54) is 16.2 Å². The number of thioether (sulfide) groups is 1. The second-order valence-electron chi connectivity index (χ2n) is 8.13. The van der Waals surface area contributed by atoms with Gasteiger partial charge in [0.2, 0.25) is 0 Å². The van der Waals surface area contributed by atoms with Crippen LogP contribution in [-0.4, -0.2) is 56.0 Å². The van der Waals surface area contributed by atoms with Gasteiger partial charge in [0, 0.05) is 12.7 Å². The van der Waals surface area contributed by atoms with E-state index in [1.807, 2.05) is 44.2 Å². The Hall–Kier alpha value is -3.05. The van der Waals surface area contributed by atoms with Crippen LogP contribution in [0, 0.1) is 13.8 Å². The third-order valence-corrected chi connectivity index (χ3v) is 6.77. The highest BCUT2D eigenvalue weighted by atomic mass is 32.2. The zero-order valence-corrected chi connectivity index (χ0v) is 21.1. The lowest BCUT2D eigenvalue weighted by atomic mass is 10.1. The van der Waals surface area contributed by atoms with E-state index in [2.05, 4.69) is 10.3 Å². The van der Waals surface area contributed by atoms with Crippen molar-refractivity contribution in [3.63, 3.8) is 0 Å². The number of carbonyl (C=O) groups is 1. The van der Waals surface area contributed by atoms with Crippen LogP contribution >= 0.6 is 24.0 Å². The predicted molar refractivity (Wildman–Crippen MR) is 142 cm³/mol. The van der Waals surface area contributed by atoms with Gasteiger partial charge in [0.25, 0.3) is 11.5 Å². The molecule has 3 heterocycles. The van der Waals surface area contributed by atoms with E-state index in [1.54, 1.807) is 23.2 Å². The molecular weight excluding hydrogens is 484 g/mol. The third kappa shape index (κ3) is 5.79. The minimum Gasteiger partial charge on any atom is -0.394 e. The number of nitrogens with one attached hydrogen (secondary N) is 1. The molecule has 3 aromatic rings. The number of aliphatic hydroxyl groups is 1. The van der Waals surface area contributed by atoms with Crippen molar-refractivity contribution in [3.05, 3.63) is 80.1 Å². The monoisotopic (exact) mass is 510 g/mol. The molecule has 0 bridgehead atoms. The minimum atomic E-state index is -0.290. The molecule has 0 spiro atoms. The second-order valence-corrected chi connectivity index (χ2v) is 9.81. The SMILES string of the molecule is Cc1ccc(CN2C(=O)C(=Cc3c(NCCOCCO)nc4ccc(C)cn4c3=O)SC2=S)cc1. The summed E-state index contributed by atoms with van der Waals surface area (Å²) in [6.07, 6.45) is 3.29. The van der Waals surface area contributed by atoms with Gasteiger partial charge in [-0.25, -0.2) is 4.98 Å². The Morgan fingerprint density at radius 3 is 2.60 bits per heavy atom. The first-order valence-corrected chi connectivity index (χ1v) is 12.4. The number of benzene rings is 1. The average molecular weight is 511 g/mol. The fourth-order valence-corrected chi connectivity index (χ4v) is 4.81. The molecule has 1 aromatic carbocycles. The molecule has 1 aliphatic rings. The first-order valence-electron chi connectivity index (χ1n) is 11.1. The van der Waals surface area contributed by atoms with Gasteiger partial charge >= 0.3 is 0 Å². The molecule has 182 valence electrons. The van der Waals surface area contributed by atoms with E-state index in [-0.39, 0.29) is 30.2 Å². The molecule has 0 aliphatic carbocycles. The predicted octanol–water partition coefficient (Wildman–Crippen LogP) is 3.13. The van der Waals surface area contributed by atoms with Crippen LogP contribution in [0.5, 0.6) is 0 Å². The first-order chi connectivity index (χ1) is 16.9. The summed E-state index contributed by atoms with van der Waals surface area (Å²) in [5, 5.41) is 12.0. The number of hydrogen-bond acceptors (Lipinski definition) is 8. The standard InChI is InChI=1S/C25H26N4O4S2/c1-16-3-6-18(7-4-16)15-29-24(32)20(35-25(29)34)13-19-22(26-9-11-33-12-10-30)27-21-8-5-17(2)14-28(21)23(19)31/h3-8,13-14,26,30H,9-12,15H2,1-2H3. The number of rotatable bonds is 9. The summed E-state index contributed by atoms with van der Waals surface area (Å²) < 4.78 is 7.22. The summed E-state index contributed by atoms with van der Waals surface area (Å²) >= 11 is 6.65. The number of ether oxygens (including phenoxy) is 1. The highest BCUT2D eigenvalue weighted by molar-refractivity contribution is 8.26. The lowest BCUT2D eigenvalue weighted by molar-refractivity contribution is -0.122. The van der Waals surface area contributed by atoms with Crippen molar-refractivity contribution >= 4 is 51.7 Å². The zero-order chi connectivity index (χ0) is 24.9. The zero-order valence-electron chi connectivity index (χ0n) is 19.5. The van der Waals surface area contributed by atoms with Crippen molar-refractivity contribution in [2.75, 3.05) is 31.7 Å². The van der Waals surface area contributed by atoms with Gasteiger partial charge in [-0.3, -0.25) is 18.9 Å². The number of fused-ring (bicyclic) bond motifs is 1. The Balaban J connectivity index is 1.67. The number of nitrogens with zero attached hydrogens (tertiary/aromatic N) is 3. The Morgan fingerprint density at radius 2 is 1.86 bits per heavy atom. The van der Waals surface area contributed by atoms with Gasteiger partial charge in [-0.05, 0) is 37.1 Å². The Morgan fingerprint density at radius 1 is 1.11 bits per heavy atom. The van der Waals surface area contributed by atoms with Crippen LogP contribution < -0.4 is 10.9 Å². The summed E-state index contributed by atoms with van der Waals surface area (Å²) in [5.41, 5.74) is 3.49. The number of carbonyl (C=O) groups excluding carboxylic acids is 1. The molecule has 35 heavy (non-hydrogen) atoms. The summed E-state index contributed by atoms with van der Waals surface area (Å²) in [4.78, 5) is 33.2. The molecule has 1 amide bonds. The van der Waals surface area contributed by atoms with Crippen molar-refractivity contribution in [1.29, 1.82) is 0 Å². The number of anilines is 1. The molecule has 2 aromatic heterocycles. The largest absolute Gasteiger partial charge is 0.394 e. The molecule has 0 unspecified atom stereocenters. The number of amides is 1. The van der Waals surface area contributed by atoms with Crippen molar-refractivity contribution in [2.45, 2.75) is 20.4 Å². The molecule has 1 saturated heterocycles. The van der Waals surface area contributed by atoms with E-state index >= 15 is 0 Å². The number of thiocarbonyl (C=S) groups is 1. The van der Waals surface area contributed by atoms with Crippen LogP contribution in [-0.2, 0) is 16.1 Å². The lowest BCUT2D eigenvalue weighted by Crippen LogP contribution is -2.27. The molecule has 8 nitrogen and oxygen atoms in total. The number of aryl methyl sites for hydroxylation is 2. The topological polar surface area (TPSA) is 96.2 Å². The van der Waals surface area contributed by atoms with E-state index in [4.69, 9.17) is 22.1 Å². The summed E-state index contributed by atoms with van der Waals surface area (Å²) in [5.74, 6) is 0.113. The molecule has 0 atom stereocenters. The Bertz CT molecular complexity index is 1350. The van der Waals surface area contributed by atoms with Crippen molar-refractivity contribution in [1.82, 2.24) is 14.3 Å². The Kier molecular flexibility index (Phi) is 7.97. The van der Waals surface area contributed by atoms with Crippen LogP contribution in [0.3, 0.4) is 0 Å². The van der Waals surface area contributed by atoms with E-state index < -0.39 is 0 Å². The number of aromatic nitrogens is 2. The van der Waals surface area contributed by atoms with Gasteiger partial charge in [-0.1, -0.05) is 59.9 Å². The fraction of sp³-hybridized carbons (Fsp3) is 0.280. The van der Waals surface area contributed by atoms with Crippen molar-refractivity contribution < 1.29 is 14.6 Å². The van der Waals surface area contributed by atoms with Crippen molar-refractivity contribution in [3.8, 4) is 0 Å². The molecule has 2 N–H and O–H groups in total. The number of pyridine rings is 1.